The lowest BCUT2D eigenvalue weighted by Gasteiger charge is -2.31. The van der Waals surface area contributed by atoms with Crippen LogP contribution < -0.4 is 0 Å². The van der Waals surface area contributed by atoms with Crippen molar-refractivity contribution in [3.63, 3.8) is 0 Å². The molecule has 0 amide bonds. The fraction of sp³-hybridized carbons (Fsp3) is 0.556. The van der Waals surface area contributed by atoms with Crippen LogP contribution in [-0.2, 0) is 21.7 Å². The summed E-state index contributed by atoms with van der Waals surface area (Å²) in [6.45, 7) is 17.9. The van der Waals surface area contributed by atoms with Crippen molar-refractivity contribution in [1.29, 1.82) is 0 Å². The van der Waals surface area contributed by atoms with Gasteiger partial charge < -0.3 is 17.7 Å². The van der Waals surface area contributed by atoms with E-state index in [4.69, 9.17) is 17.7 Å². The molecular formula is C36H48O4. The maximum atomic E-state index is 6.87. The summed E-state index contributed by atoms with van der Waals surface area (Å²) in [7, 11) is 0. The van der Waals surface area contributed by atoms with Crippen molar-refractivity contribution in [2.45, 2.75) is 128 Å². The van der Waals surface area contributed by atoms with E-state index < -0.39 is 0 Å². The summed E-state index contributed by atoms with van der Waals surface area (Å²) in [6.07, 6.45) is 7.39. The molecular weight excluding hydrogens is 496 g/mol. The SMILES string of the molecule is CCCC1(C)c2ccc(o2)C(CC)(CC)c2ccc(o2)C(C)(CCC)c2ccc(o2)C(CC)(CC)c2ccc1o2. The average Bonchev–Trinajstić information content (AvgIpc) is 3.77. The predicted molar refractivity (Wildman–Crippen MR) is 160 cm³/mol. The zero-order valence-corrected chi connectivity index (χ0v) is 25.9. The van der Waals surface area contributed by atoms with Crippen LogP contribution in [-0.4, -0.2) is 0 Å². The van der Waals surface area contributed by atoms with Crippen LogP contribution in [0.2, 0.25) is 0 Å². The standard InChI is InChI=1S/C36H48O4/c1-9-23-33(7)25-15-19-29(37-25)35(11-3,12-4)31-21-17-27(39-31)34(8,24-10-2)28-18-22-32(40-28)36(13-5,14-6)30-20-16-26(33)38-30/h15-22H,9-14,23-24H2,1-8H3. The molecule has 0 unspecified atom stereocenters. The van der Waals surface area contributed by atoms with Gasteiger partial charge in [0.15, 0.2) is 0 Å². The van der Waals surface area contributed by atoms with Gasteiger partial charge in [0.25, 0.3) is 0 Å². The summed E-state index contributed by atoms with van der Waals surface area (Å²) >= 11 is 0. The van der Waals surface area contributed by atoms with Crippen LogP contribution >= 0.6 is 0 Å². The summed E-state index contributed by atoms with van der Waals surface area (Å²) in [5, 5.41) is 0. The Labute approximate surface area is 240 Å². The van der Waals surface area contributed by atoms with E-state index >= 15 is 0 Å². The van der Waals surface area contributed by atoms with E-state index in [1.54, 1.807) is 0 Å². The van der Waals surface area contributed by atoms with E-state index in [-0.39, 0.29) is 21.7 Å². The Hall–Kier alpha value is -2.88. The first-order valence-corrected chi connectivity index (χ1v) is 15.6. The topological polar surface area (TPSA) is 52.6 Å². The molecule has 0 atom stereocenters. The maximum Gasteiger partial charge on any atom is 0.117 e. The largest absolute Gasteiger partial charge is 0.464 e. The van der Waals surface area contributed by atoms with E-state index in [0.717, 1.165) is 97.4 Å². The highest BCUT2D eigenvalue weighted by atomic mass is 16.4. The lowest BCUT2D eigenvalue weighted by molar-refractivity contribution is 0.229. The van der Waals surface area contributed by atoms with Crippen molar-refractivity contribution in [2.24, 2.45) is 0 Å². The third kappa shape index (κ3) is 4.00. The molecule has 8 bridgehead atoms. The molecule has 4 nitrogen and oxygen atoms in total. The van der Waals surface area contributed by atoms with Crippen molar-refractivity contribution in [2.75, 3.05) is 0 Å². The smallest absolute Gasteiger partial charge is 0.117 e. The summed E-state index contributed by atoms with van der Waals surface area (Å²) in [6, 6.07) is 17.4. The highest BCUT2D eigenvalue weighted by molar-refractivity contribution is 5.39. The molecule has 1 aliphatic rings. The van der Waals surface area contributed by atoms with Gasteiger partial charge in [-0.05, 0) is 101 Å². The third-order valence-electron chi connectivity index (χ3n) is 10.4. The van der Waals surface area contributed by atoms with E-state index in [9.17, 15) is 0 Å². The van der Waals surface area contributed by atoms with Crippen molar-refractivity contribution in [1.82, 2.24) is 0 Å². The minimum atomic E-state index is -0.384. The summed E-state index contributed by atoms with van der Waals surface area (Å²) in [5.74, 6) is 7.64. The molecule has 0 saturated carbocycles. The number of hydrogen-bond acceptors (Lipinski definition) is 4. The second-order valence-corrected chi connectivity index (χ2v) is 12.4. The highest BCUT2D eigenvalue weighted by Crippen LogP contribution is 2.49. The fourth-order valence-corrected chi connectivity index (χ4v) is 7.44. The van der Waals surface area contributed by atoms with Gasteiger partial charge in [-0.25, -0.2) is 0 Å². The van der Waals surface area contributed by atoms with Gasteiger partial charge in [0.2, 0.25) is 0 Å². The molecule has 1 aliphatic heterocycles. The first kappa shape index (κ1) is 28.6. The molecule has 216 valence electrons. The Morgan fingerprint density at radius 2 is 0.625 bits per heavy atom. The molecule has 40 heavy (non-hydrogen) atoms. The Balaban J connectivity index is 1.83. The minimum absolute atomic E-state index is 0.351. The molecule has 5 heterocycles. The molecule has 5 rings (SSSR count). The quantitative estimate of drug-likeness (QED) is 0.221. The van der Waals surface area contributed by atoms with Gasteiger partial charge in [-0.1, -0.05) is 54.4 Å². The van der Waals surface area contributed by atoms with Crippen LogP contribution in [0.3, 0.4) is 0 Å². The molecule has 4 aromatic rings. The Kier molecular flexibility index (Phi) is 7.52. The van der Waals surface area contributed by atoms with Crippen molar-refractivity contribution in [3.05, 3.63) is 94.6 Å². The summed E-state index contributed by atoms with van der Waals surface area (Å²) < 4.78 is 27.5. The van der Waals surface area contributed by atoms with Crippen molar-refractivity contribution in [3.8, 4) is 0 Å². The number of hydrogen-bond donors (Lipinski definition) is 0. The molecule has 0 aromatic carbocycles. The van der Waals surface area contributed by atoms with Crippen LogP contribution in [0.1, 0.15) is 153 Å². The van der Waals surface area contributed by atoms with Gasteiger partial charge in [-0.2, -0.15) is 0 Å². The zero-order valence-electron chi connectivity index (χ0n) is 25.9. The number of rotatable bonds is 8. The van der Waals surface area contributed by atoms with Crippen LogP contribution in [0.5, 0.6) is 0 Å². The molecule has 4 aromatic heterocycles. The third-order valence-corrected chi connectivity index (χ3v) is 10.4. The lowest BCUT2D eigenvalue weighted by Crippen LogP contribution is -2.27. The number of fused-ring (bicyclic) bond motifs is 8. The second kappa shape index (κ2) is 10.5. The normalized spacial score (nSPS) is 23.4. The van der Waals surface area contributed by atoms with Crippen molar-refractivity contribution < 1.29 is 17.7 Å². The van der Waals surface area contributed by atoms with Gasteiger partial charge in [0.05, 0.1) is 21.7 Å². The van der Waals surface area contributed by atoms with Gasteiger partial charge >= 0.3 is 0 Å². The molecule has 0 saturated heterocycles. The molecule has 0 fully saturated rings. The van der Waals surface area contributed by atoms with Crippen LogP contribution in [0.25, 0.3) is 0 Å². The van der Waals surface area contributed by atoms with E-state index in [0.29, 0.717) is 0 Å². The molecule has 0 radical (unpaired) electrons. The average molecular weight is 545 g/mol. The molecule has 4 heteroatoms. The predicted octanol–water partition coefficient (Wildman–Crippen LogP) is 10.8. The Morgan fingerprint density at radius 3 is 0.825 bits per heavy atom. The Bertz CT molecular complexity index is 1220. The fourth-order valence-electron chi connectivity index (χ4n) is 7.44. The molecule has 0 aliphatic carbocycles. The number of furan rings is 4. The van der Waals surface area contributed by atoms with Gasteiger partial charge in [-0.3, -0.25) is 0 Å². The van der Waals surface area contributed by atoms with Gasteiger partial charge in [0.1, 0.15) is 46.1 Å². The monoisotopic (exact) mass is 544 g/mol. The first-order valence-electron chi connectivity index (χ1n) is 15.6. The molecule has 0 spiro atoms. The minimum Gasteiger partial charge on any atom is -0.464 e. The van der Waals surface area contributed by atoms with Crippen LogP contribution in [0.4, 0.5) is 0 Å². The first-order chi connectivity index (χ1) is 19.2. The van der Waals surface area contributed by atoms with Gasteiger partial charge in [-0.15, -0.1) is 0 Å². The van der Waals surface area contributed by atoms with Crippen LogP contribution in [0, 0.1) is 0 Å². The van der Waals surface area contributed by atoms with E-state index in [2.05, 4.69) is 104 Å². The summed E-state index contributed by atoms with van der Waals surface area (Å²) in [5.41, 5.74) is -1.47. The molecule has 0 N–H and O–H groups in total. The van der Waals surface area contributed by atoms with Crippen LogP contribution in [0.15, 0.2) is 66.2 Å². The maximum absolute atomic E-state index is 6.87. The highest BCUT2D eigenvalue weighted by Gasteiger charge is 2.45. The zero-order chi connectivity index (χ0) is 28.8. The Morgan fingerprint density at radius 1 is 0.400 bits per heavy atom. The van der Waals surface area contributed by atoms with Crippen molar-refractivity contribution >= 4 is 0 Å². The van der Waals surface area contributed by atoms with E-state index in [1.807, 2.05) is 0 Å². The lowest BCUT2D eigenvalue weighted by atomic mass is 9.77. The summed E-state index contributed by atoms with van der Waals surface area (Å²) in [4.78, 5) is 0. The van der Waals surface area contributed by atoms with Gasteiger partial charge in [0, 0.05) is 0 Å². The second-order valence-electron chi connectivity index (χ2n) is 12.4. The van der Waals surface area contributed by atoms with E-state index in [1.165, 1.54) is 0 Å².